The molecule has 0 spiro atoms. The second-order valence-corrected chi connectivity index (χ2v) is 17.2. The fourth-order valence-corrected chi connectivity index (χ4v) is 7.97. The zero-order valence-corrected chi connectivity index (χ0v) is 32.3. The molecule has 54 heavy (non-hydrogen) atoms. The number of aliphatic hydroxyl groups excluding tert-OH is 2. The van der Waals surface area contributed by atoms with Gasteiger partial charge >= 0.3 is 0 Å². The third-order valence-corrected chi connectivity index (χ3v) is 11.4. The molecule has 0 radical (unpaired) electrons. The summed E-state index contributed by atoms with van der Waals surface area (Å²) in [5.74, 6) is -1.27. The Kier molecular flexibility index (Phi) is 16.0. The molecule has 0 saturated carbocycles. The maximum atomic E-state index is 12.5. The summed E-state index contributed by atoms with van der Waals surface area (Å²) in [6, 6.07) is 0. The first-order valence-electron chi connectivity index (χ1n) is 15.6. The first-order valence-corrected chi connectivity index (χ1v) is 21.0. The van der Waals surface area contributed by atoms with Crippen LogP contribution in [0.3, 0.4) is 0 Å². The third kappa shape index (κ3) is 13.2. The Balaban J connectivity index is 1.51. The Morgan fingerprint density at radius 1 is 1.11 bits per heavy atom. The summed E-state index contributed by atoms with van der Waals surface area (Å²) in [6.45, 7) is 5.47. The molecule has 2 amide bonds. The van der Waals surface area contributed by atoms with Gasteiger partial charge in [-0.25, -0.2) is 19.3 Å². The second kappa shape index (κ2) is 19.0. The van der Waals surface area contributed by atoms with E-state index in [1.54, 1.807) is 6.92 Å². The van der Waals surface area contributed by atoms with E-state index in [-0.39, 0.29) is 41.6 Å². The molecule has 1 aliphatic heterocycles. The average molecular weight is 846 g/mol. The SMILES string of the molecule is C=C(CC)C(=O)SCCNC(=O)CCNC(=O)[C@H](O)C(C)(C)COP(=O)([O-])OP(=O)([O-])OC[C@H]1O[C@@H](n2cnc3c(N)ncnc32)[C@H](O)[C@@H]1OP(=O)([O-])[O-]. The number of imidazole rings is 1. The van der Waals surface area contributed by atoms with E-state index in [9.17, 15) is 57.9 Å². The van der Waals surface area contributed by atoms with Gasteiger partial charge in [0.15, 0.2) is 17.7 Å². The maximum Gasteiger partial charge on any atom is 0.274 e. The number of thioether (sulfide) groups is 1. The molecule has 24 nitrogen and oxygen atoms in total. The van der Waals surface area contributed by atoms with Gasteiger partial charge in [0.1, 0.15) is 36.3 Å². The van der Waals surface area contributed by atoms with Gasteiger partial charge in [-0.2, -0.15) is 0 Å². The largest absolute Gasteiger partial charge is 0.790 e. The van der Waals surface area contributed by atoms with Crippen LogP contribution in [0.4, 0.5) is 5.82 Å². The van der Waals surface area contributed by atoms with Crippen LogP contribution in [0.25, 0.3) is 11.2 Å². The predicted octanol–water partition coefficient (Wildman–Crippen LogP) is -2.90. The van der Waals surface area contributed by atoms with Gasteiger partial charge in [0.2, 0.25) is 16.9 Å². The Labute approximate surface area is 311 Å². The number of rotatable bonds is 21. The van der Waals surface area contributed by atoms with Gasteiger partial charge in [-0.3, -0.25) is 28.1 Å². The van der Waals surface area contributed by atoms with Crippen LogP contribution in [0.1, 0.15) is 39.8 Å². The maximum absolute atomic E-state index is 12.5. The van der Waals surface area contributed by atoms with Gasteiger partial charge < -0.3 is 69.0 Å². The number of nitrogens with zero attached hydrogens (tertiary/aromatic N) is 4. The van der Waals surface area contributed by atoms with Crippen LogP contribution < -0.4 is 35.9 Å². The Morgan fingerprint density at radius 2 is 1.78 bits per heavy atom. The summed E-state index contributed by atoms with van der Waals surface area (Å²) in [4.78, 5) is 95.5. The summed E-state index contributed by atoms with van der Waals surface area (Å²) in [5.41, 5.74) is 4.51. The number of fused-ring (bicyclic) bond motifs is 1. The zero-order chi connectivity index (χ0) is 40.6. The van der Waals surface area contributed by atoms with Crippen LogP contribution in [0.5, 0.6) is 0 Å². The van der Waals surface area contributed by atoms with Gasteiger partial charge in [-0.05, 0) is 12.0 Å². The van der Waals surface area contributed by atoms with Crippen LogP contribution in [0, 0.1) is 5.41 Å². The van der Waals surface area contributed by atoms with Crippen molar-refractivity contribution in [2.45, 2.75) is 64.3 Å². The number of carbonyl (C=O) groups is 3. The van der Waals surface area contributed by atoms with E-state index in [0.29, 0.717) is 17.7 Å². The molecule has 7 atom stereocenters. The molecule has 28 heteroatoms. The average Bonchev–Trinajstić information content (AvgIpc) is 3.64. The number of nitrogens with two attached hydrogens (primary N) is 1. The molecular formula is C26H38N7O17P3S-4. The predicted molar refractivity (Wildman–Crippen MR) is 178 cm³/mol. The van der Waals surface area contributed by atoms with Crippen molar-refractivity contribution in [2.24, 2.45) is 5.41 Å². The van der Waals surface area contributed by atoms with Crippen molar-refractivity contribution in [3.05, 3.63) is 24.8 Å². The van der Waals surface area contributed by atoms with Crippen molar-refractivity contribution < 1.29 is 80.5 Å². The molecule has 6 N–H and O–H groups in total. The summed E-state index contributed by atoms with van der Waals surface area (Å²) in [5, 5.41) is 25.9. The summed E-state index contributed by atoms with van der Waals surface area (Å²) < 4.78 is 60.4. The lowest BCUT2D eigenvalue weighted by Gasteiger charge is -2.36. The fourth-order valence-electron chi connectivity index (χ4n) is 4.50. The van der Waals surface area contributed by atoms with Gasteiger partial charge in [0, 0.05) is 30.7 Å². The van der Waals surface area contributed by atoms with Crippen LogP contribution >= 0.6 is 35.2 Å². The zero-order valence-electron chi connectivity index (χ0n) is 28.8. The molecule has 3 rings (SSSR count). The van der Waals surface area contributed by atoms with E-state index >= 15 is 0 Å². The number of phosphoric ester groups is 3. The molecule has 1 saturated heterocycles. The Hall–Kier alpha value is -2.70. The first-order chi connectivity index (χ1) is 25.0. The Morgan fingerprint density at radius 3 is 2.43 bits per heavy atom. The van der Waals surface area contributed by atoms with Crippen LogP contribution in [0.15, 0.2) is 24.8 Å². The monoisotopic (exact) mass is 845 g/mol. The molecule has 1 aliphatic rings. The molecule has 2 unspecified atom stereocenters. The Bertz CT molecular complexity index is 1830. The molecule has 1 fully saturated rings. The molecule has 2 aromatic heterocycles. The van der Waals surface area contributed by atoms with E-state index in [2.05, 4.69) is 50.0 Å². The molecule has 0 bridgehead atoms. The molecular weight excluding hydrogens is 807 g/mol. The first kappa shape index (κ1) is 45.7. The minimum absolute atomic E-state index is 0.0225. The minimum atomic E-state index is -5.91. The third-order valence-electron chi connectivity index (χ3n) is 7.43. The lowest BCUT2D eigenvalue weighted by Crippen LogP contribution is -2.46. The van der Waals surface area contributed by atoms with E-state index in [0.717, 1.165) is 29.0 Å². The molecule has 0 aliphatic carbocycles. The summed E-state index contributed by atoms with van der Waals surface area (Å²) in [7, 11) is -17.6. The van der Waals surface area contributed by atoms with E-state index in [1.165, 1.54) is 13.8 Å². The van der Waals surface area contributed by atoms with Crippen molar-refractivity contribution in [3.8, 4) is 0 Å². The quantitative estimate of drug-likeness (QED) is 0.0478. The number of amides is 2. The summed E-state index contributed by atoms with van der Waals surface area (Å²) in [6.07, 6.45) is -7.10. The van der Waals surface area contributed by atoms with Crippen molar-refractivity contribution in [1.29, 1.82) is 0 Å². The number of nitrogen functional groups attached to an aromatic ring is 1. The number of aromatic nitrogens is 4. The summed E-state index contributed by atoms with van der Waals surface area (Å²) >= 11 is 0.992. The van der Waals surface area contributed by atoms with Crippen LogP contribution in [-0.2, 0) is 50.7 Å². The van der Waals surface area contributed by atoms with E-state index < -0.39 is 84.6 Å². The standard InChI is InChI=1S/C26H42N7O17P3S/c1-5-14(2)25(38)54-9-8-28-16(34)6-7-29-23(37)20(36)26(3,4)11-47-53(44,45)50-52(42,43)46-10-15-19(49-51(39,40)41)18(35)24(48-15)33-13-32-17-21(27)30-12-31-22(17)33/h12-13,15,18-20,24,35-36H,2,5-11H2,1,3-4H3,(H,28,34)(H,29,37)(H,42,43)(H,44,45)(H2,27,30,31)(H2,39,40,41)/p-4/t15-,18-,19-,20+,24-/m1/s1. The molecule has 3 heterocycles. The van der Waals surface area contributed by atoms with Gasteiger partial charge in [0.05, 0.1) is 27.4 Å². The number of nitrogens with one attached hydrogen (secondary N) is 2. The van der Waals surface area contributed by atoms with Gasteiger partial charge in [0.25, 0.3) is 15.6 Å². The number of carbonyl (C=O) groups excluding carboxylic acids is 3. The van der Waals surface area contributed by atoms with E-state index in [1.807, 2.05) is 0 Å². The lowest BCUT2D eigenvalue weighted by molar-refractivity contribution is -0.347. The number of hydrogen-bond acceptors (Lipinski definition) is 22. The van der Waals surface area contributed by atoms with Crippen molar-refractivity contribution in [3.63, 3.8) is 0 Å². The highest BCUT2D eigenvalue weighted by Crippen LogP contribution is 2.56. The molecule has 0 aromatic carbocycles. The highest BCUT2D eigenvalue weighted by atomic mass is 32.2. The fraction of sp³-hybridized carbons (Fsp3) is 0.615. The van der Waals surface area contributed by atoms with Gasteiger partial charge in [-0.15, -0.1) is 0 Å². The highest BCUT2D eigenvalue weighted by molar-refractivity contribution is 8.14. The van der Waals surface area contributed by atoms with Gasteiger partial charge in [-0.1, -0.05) is 39.1 Å². The number of anilines is 1. The van der Waals surface area contributed by atoms with Crippen molar-refractivity contribution >= 4 is 69.1 Å². The second-order valence-electron chi connectivity index (χ2n) is 12.1. The van der Waals surface area contributed by atoms with Crippen LogP contribution in [-0.4, -0.2) is 103 Å². The van der Waals surface area contributed by atoms with E-state index in [4.69, 9.17) is 10.5 Å². The van der Waals surface area contributed by atoms with Crippen molar-refractivity contribution in [1.82, 2.24) is 30.2 Å². The highest BCUT2D eigenvalue weighted by Gasteiger charge is 2.47. The smallest absolute Gasteiger partial charge is 0.274 e. The molecule has 304 valence electrons. The number of ether oxygens (including phenoxy) is 1. The molecule has 2 aromatic rings. The number of aliphatic hydroxyl groups is 2. The van der Waals surface area contributed by atoms with Crippen LogP contribution in [0.2, 0.25) is 0 Å². The van der Waals surface area contributed by atoms with Crippen molar-refractivity contribution in [2.75, 3.05) is 37.8 Å². The minimum Gasteiger partial charge on any atom is -0.790 e. The number of hydrogen-bond donors (Lipinski definition) is 5. The lowest BCUT2D eigenvalue weighted by atomic mass is 9.87. The normalized spacial score (nSPS) is 21.9. The number of phosphoric acid groups is 3. The topological polar surface area (TPSA) is 375 Å².